The maximum atomic E-state index is 13.1. The van der Waals surface area contributed by atoms with Crippen molar-refractivity contribution in [1.29, 1.82) is 0 Å². The molecule has 2 heterocycles. The molecule has 0 spiro atoms. The first-order valence-electron chi connectivity index (χ1n) is 12.0. The minimum absolute atomic E-state index is 0.0649. The van der Waals surface area contributed by atoms with E-state index in [1.165, 1.54) is 35.9 Å². The molecule has 35 heavy (non-hydrogen) atoms. The third-order valence-corrected chi connectivity index (χ3v) is 7.19. The zero-order valence-corrected chi connectivity index (χ0v) is 20.7. The van der Waals surface area contributed by atoms with Crippen LogP contribution in [0, 0.1) is 0 Å². The molecule has 0 unspecified atom stereocenters. The van der Waals surface area contributed by atoms with Crippen LogP contribution in [0.3, 0.4) is 0 Å². The van der Waals surface area contributed by atoms with E-state index >= 15 is 0 Å². The van der Waals surface area contributed by atoms with Gasteiger partial charge < -0.3 is 9.80 Å². The Hall–Kier alpha value is -3.58. The maximum absolute atomic E-state index is 13.1. The van der Waals surface area contributed by atoms with Crippen LogP contribution in [0.5, 0.6) is 0 Å². The van der Waals surface area contributed by atoms with Crippen LogP contribution in [0.1, 0.15) is 18.4 Å². The highest BCUT2D eigenvalue weighted by Crippen LogP contribution is 2.29. The van der Waals surface area contributed by atoms with Gasteiger partial charge >= 0.3 is 0 Å². The van der Waals surface area contributed by atoms with E-state index in [2.05, 4.69) is 39.4 Å². The molecule has 7 heteroatoms. The molecule has 0 atom stereocenters. The quantitative estimate of drug-likeness (QED) is 0.319. The van der Waals surface area contributed by atoms with E-state index in [0.717, 1.165) is 30.2 Å². The lowest BCUT2D eigenvalue weighted by molar-refractivity contribution is -0.127. The zero-order valence-electron chi connectivity index (χ0n) is 19.9. The fraction of sp³-hybridized carbons (Fsp3) is 0.250. The molecule has 0 saturated carbocycles. The van der Waals surface area contributed by atoms with Gasteiger partial charge in [-0.3, -0.25) is 9.36 Å². The normalized spacial score (nSPS) is 13.2. The lowest BCUT2D eigenvalue weighted by atomic mass is 10.1. The van der Waals surface area contributed by atoms with Gasteiger partial charge in [0, 0.05) is 43.6 Å². The molecule has 4 aromatic rings. The second kappa shape index (κ2) is 10.8. The molecular formula is C28H29N5OS. The van der Waals surface area contributed by atoms with E-state index in [4.69, 9.17) is 0 Å². The number of para-hydroxylation sites is 2. The minimum atomic E-state index is 0.0649. The number of nitrogens with zero attached hydrogens (tertiary/aromatic N) is 5. The van der Waals surface area contributed by atoms with Gasteiger partial charge in [-0.1, -0.05) is 78.5 Å². The van der Waals surface area contributed by atoms with Crippen molar-refractivity contribution in [3.8, 4) is 17.1 Å². The molecule has 0 radical (unpaired) electrons. The molecule has 1 amide bonds. The van der Waals surface area contributed by atoms with E-state index in [9.17, 15) is 4.79 Å². The van der Waals surface area contributed by atoms with Gasteiger partial charge in [0.1, 0.15) is 0 Å². The van der Waals surface area contributed by atoms with Crippen molar-refractivity contribution in [2.45, 2.75) is 24.5 Å². The average molecular weight is 484 g/mol. The van der Waals surface area contributed by atoms with Gasteiger partial charge in [0.15, 0.2) is 11.0 Å². The number of anilines is 1. The standard InChI is InChI=1S/C28H29N5OS/c1-31(20-23-14-8-9-17-25(23)32-18-10-11-19-32)26(34)21-35-28-30-29-27(22-12-4-2-5-13-22)33(28)24-15-6-3-7-16-24/h2-9,12-17H,10-11,18-21H2,1H3. The molecule has 1 aliphatic heterocycles. The highest BCUT2D eigenvalue weighted by Gasteiger charge is 2.20. The van der Waals surface area contributed by atoms with E-state index in [1.54, 1.807) is 0 Å². The predicted octanol–water partition coefficient (Wildman–Crippen LogP) is 5.29. The van der Waals surface area contributed by atoms with Crippen LogP contribution in [0.15, 0.2) is 90.1 Å². The Morgan fingerprint density at radius 1 is 0.886 bits per heavy atom. The number of hydrogen-bond donors (Lipinski definition) is 0. The third-order valence-electron chi connectivity index (χ3n) is 6.28. The van der Waals surface area contributed by atoms with Gasteiger partial charge in [-0.25, -0.2) is 0 Å². The van der Waals surface area contributed by atoms with Crippen LogP contribution in [0.4, 0.5) is 5.69 Å². The molecule has 5 rings (SSSR count). The Bertz CT molecular complexity index is 1270. The molecule has 1 fully saturated rings. The van der Waals surface area contributed by atoms with Crippen LogP contribution in [0.25, 0.3) is 17.1 Å². The Balaban J connectivity index is 1.32. The SMILES string of the molecule is CN(Cc1ccccc1N1CCCC1)C(=O)CSc1nnc(-c2ccccc2)n1-c1ccccc1. The molecule has 178 valence electrons. The van der Waals surface area contributed by atoms with E-state index in [0.29, 0.717) is 17.5 Å². The van der Waals surface area contributed by atoms with E-state index in [1.807, 2.05) is 77.2 Å². The van der Waals surface area contributed by atoms with Crippen LogP contribution < -0.4 is 4.90 Å². The Kier molecular flexibility index (Phi) is 7.14. The maximum Gasteiger partial charge on any atom is 0.233 e. The van der Waals surface area contributed by atoms with Crippen molar-refractivity contribution in [2.75, 3.05) is 30.8 Å². The van der Waals surface area contributed by atoms with Gasteiger partial charge in [-0.2, -0.15) is 0 Å². The number of thioether (sulfide) groups is 1. The van der Waals surface area contributed by atoms with Crippen LogP contribution in [-0.4, -0.2) is 51.5 Å². The number of hydrogen-bond acceptors (Lipinski definition) is 5. The fourth-order valence-corrected chi connectivity index (χ4v) is 5.33. The van der Waals surface area contributed by atoms with Crippen molar-refractivity contribution < 1.29 is 4.79 Å². The van der Waals surface area contributed by atoms with E-state index in [-0.39, 0.29) is 5.91 Å². The molecule has 6 nitrogen and oxygen atoms in total. The fourth-order valence-electron chi connectivity index (χ4n) is 4.44. The summed E-state index contributed by atoms with van der Waals surface area (Å²) in [6.07, 6.45) is 2.46. The summed E-state index contributed by atoms with van der Waals surface area (Å²) in [6, 6.07) is 28.5. The monoisotopic (exact) mass is 483 g/mol. The minimum Gasteiger partial charge on any atom is -0.371 e. The van der Waals surface area contributed by atoms with Crippen molar-refractivity contribution in [1.82, 2.24) is 19.7 Å². The summed E-state index contributed by atoms with van der Waals surface area (Å²) in [5.74, 6) is 1.12. The summed E-state index contributed by atoms with van der Waals surface area (Å²) >= 11 is 1.42. The first-order valence-corrected chi connectivity index (χ1v) is 12.9. The summed E-state index contributed by atoms with van der Waals surface area (Å²) in [7, 11) is 1.88. The summed E-state index contributed by atoms with van der Waals surface area (Å²) in [6.45, 7) is 2.76. The lowest BCUT2D eigenvalue weighted by Crippen LogP contribution is -2.29. The molecule has 0 N–H and O–H groups in total. The number of benzene rings is 3. The number of rotatable bonds is 8. The third kappa shape index (κ3) is 5.25. The highest BCUT2D eigenvalue weighted by atomic mass is 32.2. The van der Waals surface area contributed by atoms with Crippen molar-refractivity contribution in [2.24, 2.45) is 0 Å². The van der Waals surface area contributed by atoms with Crippen LogP contribution in [-0.2, 0) is 11.3 Å². The summed E-state index contributed by atoms with van der Waals surface area (Å²) in [4.78, 5) is 17.3. The van der Waals surface area contributed by atoms with Crippen molar-refractivity contribution in [3.05, 3.63) is 90.5 Å². The number of carbonyl (C=O) groups is 1. The van der Waals surface area contributed by atoms with E-state index < -0.39 is 0 Å². The van der Waals surface area contributed by atoms with Crippen LogP contribution >= 0.6 is 11.8 Å². The second-order valence-electron chi connectivity index (χ2n) is 8.70. The Labute approximate surface area is 210 Å². The van der Waals surface area contributed by atoms with Crippen LogP contribution in [0.2, 0.25) is 0 Å². The second-order valence-corrected chi connectivity index (χ2v) is 9.65. The summed E-state index contributed by atoms with van der Waals surface area (Å²) in [5, 5.41) is 9.62. The van der Waals surface area contributed by atoms with Gasteiger partial charge in [0.25, 0.3) is 0 Å². The molecule has 1 aliphatic rings. The zero-order chi connectivity index (χ0) is 24.0. The highest BCUT2D eigenvalue weighted by molar-refractivity contribution is 7.99. The summed E-state index contributed by atoms with van der Waals surface area (Å²) < 4.78 is 2.02. The number of amides is 1. The molecule has 0 aliphatic carbocycles. The topological polar surface area (TPSA) is 54.3 Å². The molecule has 1 aromatic heterocycles. The smallest absolute Gasteiger partial charge is 0.233 e. The predicted molar refractivity (Wildman–Crippen MR) is 142 cm³/mol. The first-order chi connectivity index (χ1) is 17.2. The number of carbonyl (C=O) groups excluding carboxylic acids is 1. The molecule has 3 aromatic carbocycles. The van der Waals surface area contributed by atoms with Gasteiger partial charge in [-0.05, 0) is 36.6 Å². The molecular weight excluding hydrogens is 454 g/mol. The Morgan fingerprint density at radius 3 is 2.29 bits per heavy atom. The van der Waals surface area contributed by atoms with Gasteiger partial charge in [-0.15, -0.1) is 10.2 Å². The first kappa shape index (κ1) is 23.2. The van der Waals surface area contributed by atoms with Gasteiger partial charge in [0.2, 0.25) is 5.91 Å². The van der Waals surface area contributed by atoms with Crippen molar-refractivity contribution in [3.63, 3.8) is 0 Å². The van der Waals surface area contributed by atoms with Crippen molar-refractivity contribution >= 4 is 23.4 Å². The Morgan fingerprint density at radius 2 is 1.54 bits per heavy atom. The summed E-state index contributed by atoms with van der Waals surface area (Å²) in [5.41, 5.74) is 4.39. The lowest BCUT2D eigenvalue weighted by Gasteiger charge is -2.24. The molecule has 1 saturated heterocycles. The molecule has 0 bridgehead atoms. The number of aromatic nitrogens is 3. The average Bonchev–Trinajstić information content (AvgIpc) is 3.59. The van der Waals surface area contributed by atoms with Gasteiger partial charge in [0.05, 0.1) is 5.75 Å². The largest absolute Gasteiger partial charge is 0.371 e.